The third kappa shape index (κ3) is 4.33. The Morgan fingerprint density at radius 1 is 2.00 bits per heavy atom. The third-order valence-electron chi connectivity index (χ3n) is 0.316. The quantitative estimate of drug-likeness (QED) is 0.248. The summed E-state index contributed by atoms with van der Waals surface area (Å²) in [4.78, 5) is 9.92. The highest BCUT2D eigenvalue weighted by molar-refractivity contribution is 14.1. The Morgan fingerprint density at radius 3 is 2.50 bits per heavy atom. The monoisotopic (exact) mass is 195 g/mol. The molecule has 0 spiro atoms. The van der Waals surface area contributed by atoms with Crippen LogP contribution in [-0.2, 0) is 0 Å². The van der Waals surface area contributed by atoms with Crippen molar-refractivity contribution in [3.63, 3.8) is 0 Å². The predicted octanol–water partition coefficient (Wildman–Crippen LogP) is -0.969. The summed E-state index contributed by atoms with van der Waals surface area (Å²) in [7, 11) is 2.61. The van der Waals surface area contributed by atoms with Crippen LogP contribution in [0.3, 0.4) is 0 Å². The van der Waals surface area contributed by atoms with Gasteiger partial charge in [-0.3, -0.25) is 4.79 Å². The van der Waals surface area contributed by atoms with Gasteiger partial charge in [-0.1, -0.05) is 0 Å². The average molecular weight is 195 g/mol. The number of amides is 1. The summed E-state index contributed by atoms with van der Waals surface area (Å²) in [5.41, 5.74) is 0. The minimum absolute atomic E-state index is 0.00935. The van der Waals surface area contributed by atoms with E-state index in [4.69, 9.17) is 0 Å². The van der Waals surface area contributed by atoms with Gasteiger partial charge in [0.15, 0.2) is 7.31 Å². The number of nitrogens with one attached hydrogen (secondary N) is 1. The topological polar surface area (TPSA) is 29.1 Å². The molecule has 0 aliphatic heterocycles. The van der Waals surface area contributed by atoms with Crippen LogP contribution in [0.25, 0.3) is 0 Å². The number of halogens is 1. The van der Waals surface area contributed by atoms with Gasteiger partial charge in [0.25, 0.3) is 3.91 Å². The highest BCUT2D eigenvalue weighted by Crippen LogP contribution is 1.77. The van der Waals surface area contributed by atoms with E-state index in [9.17, 15) is 4.79 Å². The lowest BCUT2D eigenvalue weighted by Gasteiger charge is -1.85. The summed E-state index contributed by atoms with van der Waals surface area (Å²) in [5.74, 6) is 0. The zero-order chi connectivity index (χ0) is 4.99. The molecule has 0 bridgehead atoms. The molecule has 0 saturated carbocycles. The Morgan fingerprint density at radius 2 is 2.50 bits per heavy atom. The van der Waals surface area contributed by atoms with Crippen LogP contribution in [0, 0.1) is 0 Å². The molecule has 1 N–H and O–H groups in total. The van der Waals surface area contributed by atoms with Gasteiger partial charge in [0, 0.05) is 22.6 Å². The van der Waals surface area contributed by atoms with Gasteiger partial charge in [-0.15, -0.1) is 0 Å². The van der Waals surface area contributed by atoms with Crippen molar-refractivity contribution in [2.75, 3.05) is 0 Å². The molecule has 0 aromatic rings. The zero-order valence-electron chi connectivity index (χ0n) is 3.49. The third-order valence-corrected chi connectivity index (χ3v) is 0.697. The van der Waals surface area contributed by atoms with Crippen LogP contribution in [0.15, 0.2) is 0 Å². The van der Waals surface area contributed by atoms with Crippen molar-refractivity contribution in [1.82, 2.24) is 5.23 Å². The van der Waals surface area contributed by atoms with E-state index in [2.05, 4.69) is 5.23 Å². The summed E-state index contributed by atoms with van der Waals surface area (Å²) in [5, 5.41) is 2.56. The van der Waals surface area contributed by atoms with Crippen LogP contribution in [0.4, 0.5) is 4.79 Å². The molecule has 0 unspecified atom stereocenters. The van der Waals surface area contributed by atoms with Crippen LogP contribution in [0.5, 0.6) is 0 Å². The van der Waals surface area contributed by atoms with Crippen LogP contribution >= 0.6 is 22.6 Å². The molecule has 0 saturated heterocycles. The standard InChI is InChI=1S/CH4B2INO/c2-3-5-1(4)6/h3H,2H2,(H,5,6). The lowest BCUT2D eigenvalue weighted by molar-refractivity contribution is 0.267. The van der Waals surface area contributed by atoms with Crippen molar-refractivity contribution in [2.24, 2.45) is 0 Å². The van der Waals surface area contributed by atoms with Crippen molar-refractivity contribution in [3.8, 4) is 0 Å². The van der Waals surface area contributed by atoms with Gasteiger partial charge in [0.2, 0.25) is 0 Å². The van der Waals surface area contributed by atoms with E-state index in [1.165, 1.54) is 0 Å². The Kier molecular flexibility index (Phi) is 3.71. The SMILES string of the molecule is BBNC(=O)I. The first kappa shape index (κ1) is 6.33. The molecule has 0 rings (SSSR count). The molecule has 1 amide bonds. The summed E-state index contributed by atoms with van der Waals surface area (Å²) in [6.45, 7) is 0. The van der Waals surface area contributed by atoms with Crippen molar-refractivity contribution < 1.29 is 4.79 Å². The lowest BCUT2D eigenvalue weighted by atomic mass is 9.68. The van der Waals surface area contributed by atoms with Gasteiger partial charge >= 0.3 is 0 Å². The molecule has 32 valence electrons. The number of hydrogen-bond acceptors (Lipinski definition) is 1. The molecular formula is CH4B2INO. The average Bonchev–Trinajstić information content (AvgIpc) is 1.35. The first-order valence-corrected chi connectivity index (χ1v) is 2.78. The fraction of sp³-hybridized carbons (Fsp3) is 0. The van der Waals surface area contributed by atoms with Crippen molar-refractivity contribution in [2.45, 2.75) is 0 Å². The van der Waals surface area contributed by atoms with Crippen molar-refractivity contribution in [1.29, 1.82) is 0 Å². The van der Waals surface area contributed by atoms with E-state index in [1.807, 2.05) is 7.74 Å². The summed E-state index contributed by atoms with van der Waals surface area (Å²) in [6.07, 6.45) is 0. The van der Waals surface area contributed by atoms with E-state index >= 15 is 0 Å². The molecule has 0 atom stereocenters. The van der Waals surface area contributed by atoms with Gasteiger partial charge in [-0.05, 0) is 0 Å². The first-order valence-electron chi connectivity index (χ1n) is 1.70. The maximum atomic E-state index is 9.92. The highest BCUT2D eigenvalue weighted by Gasteiger charge is 1.83. The van der Waals surface area contributed by atoms with E-state index < -0.39 is 0 Å². The van der Waals surface area contributed by atoms with E-state index in [-0.39, 0.29) is 3.91 Å². The summed E-state index contributed by atoms with van der Waals surface area (Å²) in [6, 6.07) is 0. The van der Waals surface area contributed by atoms with Gasteiger partial charge in [-0.2, -0.15) is 0 Å². The summed E-state index contributed by atoms with van der Waals surface area (Å²) < 4.78 is 0.00935. The number of rotatable bonds is 1. The molecule has 0 fully saturated rings. The second-order valence-electron chi connectivity index (χ2n) is 0.804. The fourth-order valence-electron chi connectivity index (χ4n) is 0.139. The minimum Gasteiger partial charge on any atom is -0.402 e. The minimum atomic E-state index is 0.00935. The predicted molar refractivity (Wildman–Crippen MR) is 38.2 cm³/mol. The van der Waals surface area contributed by atoms with Gasteiger partial charge < -0.3 is 5.23 Å². The normalized spacial score (nSPS) is 6.83. The lowest BCUT2D eigenvalue weighted by Crippen LogP contribution is -2.20. The number of carbonyl (C=O) groups is 1. The van der Waals surface area contributed by atoms with E-state index in [0.717, 1.165) is 7.31 Å². The Balaban J connectivity index is 2.83. The molecule has 5 heteroatoms. The summed E-state index contributed by atoms with van der Waals surface area (Å²) >= 11 is 1.69. The molecular weight excluding hydrogens is 191 g/mol. The Labute approximate surface area is 51.9 Å². The zero-order valence-corrected chi connectivity index (χ0v) is 5.65. The fourth-order valence-corrected chi connectivity index (χ4v) is 0.520. The molecule has 0 aliphatic rings. The maximum Gasteiger partial charge on any atom is 0.268 e. The molecule has 0 aliphatic carbocycles. The Hall–Kier alpha value is 0.330. The van der Waals surface area contributed by atoms with Gasteiger partial charge in [0.05, 0.1) is 7.74 Å². The molecule has 0 radical (unpaired) electrons. The highest BCUT2D eigenvalue weighted by atomic mass is 127. The van der Waals surface area contributed by atoms with E-state index in [1.54, 1.807) is 22.6 Å². The van der Waals surface area contributed by atoms with Crippen LogP contribution in [0.1, 0.15) is 0 Å². The van der Waals surface area contributed by atoms with Gasteiger partial charge in [0.1, 0.15) is 0 Å². The number of hydrogen-bond donors (Lipinski definition) is 1. The number of carbonyl (C=O) groups excluding carboxylic acids is 1. The molecule has 2 nitrogen and oxygen atoms in total. The van der Waals surface area contributed by atoms with Crippen molar-refractivity contribution >= 4 is 41.5 Å². The Bertz CT molecular complexity index is 57.5. The molecule has 0 heterocycles. The van der Waals surface area contributed by atoms with Crippen LogP contribution in [0.2, 0.25) is 0 Å². The van der Waals surface area contributed by atoms with Crippen LogP contribution in [-0.4, -0.2) is 19.0 Å². The second kappa shape index (κ2) is 3.52. The molecule has 0 aromatic carbocycles. The van der Waals surface area contributed by atoms with Gasteiger partial charge in [-0.25, -0.2) is 0 Å². The van der Waals surface area contributed by atoms with E-state index in [0.29, 0.717) is 0 Å². The van der Waals surface area contributed by atoms with Crippen LogP contribution < -0.4 is 5.23 Å². The smallest absolute Gasteiger partial charge is 0.268 e. The largest absolute Gasteiger partial charge is 0.402 e. The van der Waals surface area contributed by atoms with Crippen molar-refractivity contribution in [3.05, 3.63) is 0 Å². The molecule has 0 aromatic heterocycles. The second-order valence-corrected chi connectivity index (χ2v) is 1.78. The maximum absolute atomic E-state index is 9.92. The first-order chi connectivity index (χ1) is 2.77. The molecule has 6 heavy (non-hydrogen) atoms.